The summed E-state index contributed by atoms with van der Waals surface area (Å²) >= 11 is 0. The van der Waals surface area contributed by atoms with Crippen molar-refractivity contribution in [3.05, 3.63) is 18.0 Å². The van der Waals surface area contributed by atoms with Crippen LogP contribution in [0.25, 0.3) is 0 Å². The van der Waals surface area contributed by atoms with Gasteiger partial charge < -0.3 is 10.6 Å². The van der Waals surface area contributed by atoms with Gasteiger partial charge in [0.05, 0.1) is 12.2 Å². The highest BCUT2D eigenvalue weighted by molar-refractivity contribution is 5.74. The molecule has 2 amide bonds. The van der Waals surface area contributed by atoms with Gasteiger partial charge in [-0.3, -0.25) is 4.68 Å². The van der Waals surface area contributed by atoms with E-state index in [1.54, 1.807) is 4.68 Å². The highest BCUT2D eigenvalue weighted by Crippen LogP contribution is 1.98. The van der Waals surface area contributed by atoms with Crippen molar-refractivity contribution < 1.29 is 4.79 Å². The number of urea groups is 1. The molecule has 0 aliphatic carbocycles. The van der Waals surface area contributed by atoms with Gasteiger partial charge in [0.1, 0.15) is 0 Å². The maximum Gasteiger partial charge on any atom is 0.315 e. The molecular formula is C10H18N4O. The van der Waals surface area contributed by atoms with Gasteiger partial charge in [0.2, 0.25) is 0 Å². The van der Waals surface area contributed by atoms with Crippen LogP contribution in [0.3, 0.4) is 0 Å². The van der Waals surface area contributed by atoms with Gasteiger partial charge in [-0.05, 0) is 26.8 Å². The molecule has 1 heterocycles. The third-order valence-corrected chi connectivity index (χ3v) is 1.69. The van der Waals surface area contributed by atoms with E-state index in [4.69, 9.17) is 0 Å². The maximum atomic E-state index is 11.4. The van der Waals surface area contributed by atoms with Crippen LogP contribution in [-0.2, 0) is 13.6 Å². The molecule has 0 saturated carbocycles. The number of carbonyl (C=O) groups excluding carboxylic acids is 1. The van der Waals surface area contributed by atoms with Gasteiger partial charge in [0, 0.05) is 18.8 Å². The largest absolute Gasteiger partial charge is 0.334 e. The van der Waals surface area contributed by atoms with Crippen molar-refractivity contribution in [2.75, 3.05) is 0 Å². The number of hydrogen-bond acceptors (Lipinski definition) is 2. The summed E-state index contributed by atoms with van der Waals surface area (Å²) in [7, 11) is 1.85. The second-order valence-corrected chi connectivity index (χ2v) is 4.54. The molecule has 0 aromatic carbocycles. The fourth-order valence-corrected chi connectivity index (χ4v) is 1.11. The Labute approximate surface area is 89.9 Å². The average molecular weight is 210 g/mol. The van der Waals surface area contributed by atoms with Gasteiger partial charge in [-0.1, -0.05) is 0 Å². The minimum atomic E-state index is -0.214. The number of carbonyl (C=O) groups is 1. The average Bonchev–Trinajstić information content (AvgIpc) is 2.45. The Morgan fingerprint density at radius 3 is 2.67 bits per heavy atom. The van der Waals surface area contributed by atoms with Crippen LogP contribution in [-0.4, -0.2) is 21.4 Å². The minimum absolute atomic E-state index is 0.173. The molecule has 0 atom stereocenters. The Bertz CT molecular complexity index is 337. The molecule has 0 unspecified atom stereocenters. The molecule has 15 heavy (non-hydrogen) atoms. The summed E-state index contributed by atoms with van der Waals surface area (Å²) in [5, 5.41) is 9.71. The van der Waals surface area contributed by atoms with Gasteiger partial charge in [-0.15, -0.1) is 0 Å². The quantitative estimate of drug-likeness (QED) is 0.765. The van der Waals surface area contributed by atoms with Crippen molar-refractivity contribution in [1.29, 1.82) is 0 Å². The third kappa shape index (κ3) is 4.49. The van der Waals surface area contributed by atoms with Crippen molar-refractivity contribution >= 4 is 6.03 Å². The fraction of sp³-hybridized carbons (Fsp3) is 0.600. The van der Waals surface area contributed by atoms with E-state index in [1.807, 2.05) is 40.1 Å². The molecule has 0 spiro atoms. The van der Waals surface area contributed by atoms with Crippen LogP contribution in [0.4, 0.5) is 4.79 Å². The number of aryl methyl sites for hydroxylation is 1. The standard InChI is InChI=1S/C10H18N4O/c1-10(2,3)12-9(15)11-7-8-5-6-14(4)13-8/h5-6H,7H2,1-4H3,(H2,11,12,15). The topological polar surface area (TPSA) is 59.0 Å². The Morgan fingerprint density at radius 2 is 2.20 bits per heavy atom. The Kier molecular flexibility index (Phi) is 3.34. The molecule has 0 saturated heterocycles. The molecule has 0 aliphatic heterocycles. The van der Waals surface area contributed by atoms with Gasteiger partial charge in [-0.2, -0.15) is 5.10 Å². The highest BCUT2D eigenvalue weighted by atomic mass is 16.2. The molecule has 1 aromatic rings. The van der Waals surface area contributed by atoms with Crippen LogP contribution < -0.4 is 10.6 Å². The van der Waals surface area contributed by atoms with E-state index in [9.17, 15) is 4.79 Å². The maximum absolute atomic E-state index is 11.4. The number of rotatable bonds is 2. The van der Waals surface area contributed by atoms with Crippen molar-refractivity contribution in [3.8, 4) is 0 Å². The van der Waals surface area contributed by atoms with Crippen LogP contribution in [0.5, 0.6) is 0 Å². The van der Waals surface area contributed by atoms with E-state index in [2.05, 4.69) is 15.7 Å². The van der Waals surface area contributed by atoms with Gasteiger partial charge in [0.25, 0.3) is 0 Å². The van der Waals surface area contributed by atoms with Crippen LogP contribution in [0.2, 0.25) is 0 Å². The lowest BCUT2D eigenvalue weighted by molar-refractivity contribution is 0.231. The van der Waals surface area contributed by atoms with Crippen LogP contribution in [0.15, 0.2) is 12.3 Å². The van der Waals surface area contributed by atoms with Crippen LogP contribution in [0.1, 0.15) is 26.5 Å². The summed E-state index contributed by atoms with van der Waals surface area (Å²) in [5.41, 5.74) is 0.635. The zero-order valence-electron chi connectivity index (χ0n) is 9.66. The Hall–Kier alpha value is -1.52. The first-order valence-corrected chi connectivity index (χ1v) is 4.91. The van der Waals surface area contributed by atoms with E-state index < -0.39 is 0 Å². The SMILES string of the molecule is Cn1ccc(CNC(=O)NC(C)(C)C)n1. The molecule has 0 radical (unpaired) electrons. The number of nitrogens with zero attached hydrogens (tertiary/aromatic N) is 2. The molecular weight excluding hydrogens is 192 g/mol. The Morgan fingerprint density at radius 1 is 1.53 bits per heavy atom. The van der Waals surface area contributed by atoms with Crippen molar-refractivity contribution in [2.45, 2.75) is 32.9 Å². The molecule has 5 nitrogen and oxygen atoms in total. The highest BCUT2D eigenvalue weighted by Gasteiger charge is 2.13. The number of aromatic nitrogens is 2. The first-order chi connectivity index (χ1) is 6.87. The summed E-state index contributed by atoms with van der Waals surface area (Å²) in [6.07, 6.45) is 1.85. The summed E-state index contributed by atoms with van der Waals surface area (Å²) in [4.78, 5) is 11.4. The third-order valence-electron chi connectivity index (χ3n) is 1.69. The summed E-state index contributed by atoms with van der Waals surface area (Å²) < 4.78 is 1.71. The monoisotopic (exact) mass is 210 g/mol. The smallest absolute Gasteiger partial charge is 0.315 e. The van der Waals surface area contributed by atoms with E-state index >= 15 is 0 Å². The van der Waals surface area contributed by atoms with Crippen molar-refractivity contribution in [2.24, 2.45) is 7.05 Å². The summed E-state index contributed by atoms with van der Waals surface area (Å²) in [6, 6.07) is 1.70. The molecule has 0 aliphatic rings. The molecule has 1 aromatic heterocycles. The molecule has 5 heteroatoms. The first kappa shape index (κ1) is 11.6. The molecule has 84 valence electrons. The van der Waals surface area contributed by atoms with Crippen molar-refractivity contribution in [3.63, 3.8) is 0 Å². The predicted molar refractivity (Wildman–Crippen MR) is 58.3 cm³/mol. The number of hydrogen-bond donors (Lipinski definition) is 2. The predicted octanol–water partition coefficient (Wildman–Crippen LogP) is 1.02. The first-order valence-electron chi connectivity index (χ1n) is 4.91. The van der Waals surface area contributed by atoms with Gasteiger partial charge in [0.15, 0.2) is 0 Å². The molecule has 0 bridgehead atoms. The molecule has 1 rings (SSSR count). The fourth-order valence-electron chi connectivity index (χ4n) is 1.11. The lowest BCUT2D eigenvalue weighted by Crippen LogP contribution is -2.46. The minimum Gasteiger partial charge on any atom is -0.334 e. The van der Waals surface area contributed by atoms with E-state index in [-0.39, 0.29) is 11.6 Å². The summed E-state index contributed by atoms with van der Waals surface area (Å²) in [5.74, 6) is 0. The van der Waals surface area contributed by atoms with E-state index in [1.165, 1.54) is 0 Å². The zero-order valence-corrected chi connectivity index (χ0v) is 9.66. The number of amides is 2. The summed E-state index contributed by atoms with van der Waals surface area (Å²) in [6.45, 7) is 6.26. The van der Waals surface area contributed by atoms with Gasteiger partial charge >= 0.3 is 6.03 Å². The van der Waals surface area contributed by atoms with Crippen LogP contribution in [0, 0.1) is 0 Å². The second kappa shape index (κ2) is 4.33. The van der Waals surface area contributed by atoms with Gasteiger partial charge in [-0.25, -0.2) is 4.79 Å². The molecule has 2 N–H and O–H groups in total. The number of nitrogens with one attached hydrogen (secondary N) is 2. The van der Waals surface area contributed by atoms with Crippen molar-refractivity contribution in [1.82, 2.24) is 20.4 Å². The molecule has 0 fully saturated rings. The van der Waals surface area contributed by atoms with E-state index in [0.717, 1.165) is 5.69 Å². The van der Waals surface area contributed by atoms with E-state index in [0.29, 0.717) is 6.54 Å². The normalized spacial score (nSPS) is 11.2. The van der Waals surface area contributed by atoms with Crippen LogP contribution >= 0.6 is 0 Å². The Balaban J connectivity index is 2.35. The lowest BCUT2D eigenvalue weighted by Gasteiger charge is -2.20. The second-order valence-electron chi connectivity index (χ2n) is 4.54. The zero-order chi connectivity index (χ0) is 11.5. The lowest BCUT2D eigenvalue weighted by atomic mass is 10.1.